The van der Waals surface area contributed by atoms with Gasteiger partial charge in [0.15, 0.2) is 0 Å². The number of anilines is 1. The predicted molar refractivity (Wildman–Crippen MR) is 58.7 cm³/mol. The number of ether oxygens (including phenoxy) is 1. The number of hydrogen-bond donors (Lipinski definition) is 3. The number of carbonyl (C=O) groups excluding carboxylic acids is 2. The zero-order valence-corrected chi connectivity index (χ0v) is 8.90. The molecule has 0 atom stereocenters. The van der Waals surface area contributed by atoms with E-state index in [2.05, 4.69) is 10.1 Å². The molecule has 0 radical (unpaired) electrons. The van der Waals surface area contributed by atoms with Crippen LogP contribution in [0.2, 0.25) is 0 Å². The molecule has 0 fully saturated rings. The van der Waals surface area contributed by atoms with E-state index in [-0.39, 0.29) is 24.4 Å². The summed E-state index contributed by atoms with van der Waals surface area (Å²) in [6.45, 7) is 0.00796. The van der Waals surface area contributed by atoms with E-state index < -0.39 is 17.8 Å². The van der Waals surface area contributed by atoms with Crippen LogP contribution in [0.1, 0.15) is 10.4 Å². The maximum atomic E-state index is 12.9. The number of nitrogen functional groups attached to an aromatic ring is 1. The van der Waals surface area contributed by atoms with Crippen molar-refractivity contribution in [2.24, 2.45) is 5.73 Å². The summed E-state index contributed by atoms with van der Waals surface area (Å²) in [5.41, 5.74) is 10.4. The minimum atomic E-state index is -0.926. The van der Waals surface area contributed by atoms with Gasteiger partial charge in [0.25, 0.3) is 5.91 Å². The molecule has 0 heterocycles. The number of carbonyl (C=O) groups is 2. The van der Waals surface area contributed by atoms with E-state index in [9.17, 15) is 14.0 Å². The standard InChI is InChI=1S/C10H12FN3O3/c11-6-1-2-8(12)7(5-6)9(15)14-3-4-17-10(13)16/h1-2,5H,3-4,12H2,(H2,13,16)(H,14,15). The lowest BCUT2D eigenvalue weighted by Crippen LogP contribution is -2.29. The minimum Gasteiger partial charge on any atom is -0.448 e. The first-order valence-corrected chi connectivity index (χ1v) is 4.76. The van der Waals surface area contributed by atoms with Crippen molar-refractivity contribution in [1.29, 1.82) is 0 Å². The fraction of sp³-hybridized carbons (Fsp3) is 0.200. The summed E-state index contributed by atoms with van der Waals surface area (Å²) in [5, 5.41) is 2.40. The largest absolute Gasteiger partial charge is 0.448 e. The van der Waals surface area contributed by atoms with Gasteiger partial charge in [0.2, 0.25) is 0 Å². The molecule has 1 rings (SSSR count). The van der Waals surface area contributed by atoms with Gasteiger partial charge in [-0.3, -0.25) is 4.79 Å². The average Bonchev–Trinajstić information content (AvgIpc) is 2.27. The number of primary amides is 1. The number of amides is 2. The highest BCUT2D eigenvalue weighted by atomic mass is 19.1. The highest BCUT2D eigenvalue weighted by Crippen LogP contribution is 2.12. The molecule has 6 nitrogen and oxygen atoms in total. The summed E-state index contributed by atoms with van der Waals surface area (Å²) >= 11 is 0. The molecular weight excluding hydrogens is 229 g/mol. The van der Waals surface area contributed by atoms with Crippen molar-refractivity contribution in [1.82, 2.24) is 5.32 Å². The lowest BCUT2D eigenvalue weighted by molar-refractivity contribution is 0.0937. The van der Waals surface area contributed by atoms with Crippen LogP contribution in [0.3, 0.4) is 0 Å². The average molecular weight is 241 g/mol. The molecule has 0 aliphatic heterocycles. The molecule has 0 saturated carbocycles. The van der Waals surface area contributed by atoms with Gasteiger partial charge in [0, 0.05) is 5.69 Å². The Hall–Kier alpha value is -2.31. The summed E-state index contributed by atoms with van der Waals surface area (Å²) in [4.78, 5) is 21.8. The van der Waals surface area contributed by atoms with Crippen LogP contribution in [-0.2, 0) is 4.74 Å². The van der Waals surface area contributed by atoms with Gasteiger partial charge in [-0.05, 0) is 18.2 Å². The summed E-state index contributed by atoms with van der Waals surface area (Å²) in [5.74, 6) is -1.10. The highest BCUT2D eigenvalue weighted by molar-refractivity contribution is 5.99. The van der Waals surface area contributed by atoms with Gasteiger partial charge in [-0.25, -0.2) is 9.18 Å². The molecule has 17 heavy (non-hydrogen) atoms. The molecule has 7 heteroatoms. The van der Waals surface area contributed by atoms with Crippen LogP contribution < -0.4 is 16.8 Å². The zero-order valence-electron chi connectivity index (χ0n) is 8.90. The summed E-state index contributed by atoms with van der Waals surface area (Å²) in [6, 6.07) is 3.48. The van der Waals surface area contributed by atoms with Crippen LogP contribution in [0.25, 0.3) is 0 Å². The fourth-order valence-electron chi connectivity index (χ4n) is 1.14. The summed E-state index contributed by atoms with van der Waals surface area (Å²) in [7, 11) is 0. The third-order valence-electron chi connectivity index (χ3n) is 1.89. The zero-order chi connectivity index (χ0) is 12.8. The van der Waals surface area contributed by atoms with Crippen molar-refractivity contribution < 1.29 is 18.7 Å². The lowest BCUT2D eigenvalue weighted by atomic mass is 10.1. The number of nitrogens with one attached hydrogen (secondary N) is 1. The molecule has 0 aliphatic carbocycles. The van der Waals surface area contributed by atoms with Gasteiger partial charge in [-0.15, -0.1) is 0 Å². The fourth-order valence-corrected chi connectivity index (χ4v) is 1.14. The van der Waals surface area contributed by atoms with Crippen molar-refractivity contribution in [3.63, 3.8) is 0 Å². The number of rotatable bonds is 4. The van der Waals surface area contributed by atoms with E-state index in [1.807, 2.05) is 0 Å². The monoisotopic (exact) mass is 241 g/mol. The van der Waals surface area contributed by atoms with Crippen LogP contribution in [0.4, 0.5) is 14.9 Å². The van der Waals surface area contributed by atoms with Gasteiger partial charge in [0.05, 0.1) is 12.1 Å². The molecule has 0 saturated heterocycles. The minimum absolute atomic E-state index is 0.0316. The number of hydrogen-bond acceptors (Lipinski definition) is 4. The number of benzene rings is 1. The molecule has 0 spiro atoms. The Morgan fingerprint density at radius 1 is 1.41 bits per heavy atom. The first-order valence-electron chi connectivity index (χ1n) is 4.76. The maximum Gasteiger partial charge on any atom is 0.404 e. The molecule has 0 bridgehead atoms. The van der Waals surface area contributed by atoms with E-state index in [4.69, 9.17) is 11.5 Å². The topological polar surface area (TPSA) is 107 Å². The molecule has 1 aromatic rings. The van der Waals surface area contributed by atoms with Crippen molar-refractivity contribution in [2.75, 3.05) is 18.9 Å². The second-order valence-corrected chi connectivity index (χ2v) is 3.15. The van der Waals surface area contributed by atoms with Gasteiger partial charge in [-0.1, -0.05) is 0 Å². The Labute approximate surface area is 96.7 Å². The third kappa shape index (κ3) is 3.98. The van der Waals surface area contributed by atoms with Crippen LogP contribution >= 0.6 is 0 Å². The first-order chi connectivity index (χ1) is 8.00. The van der Waals surface area contributed by atoms with Gasteiger partial charge in [-0.2, -0.15) is 0 Å². The van der Waals surface area contributed by atoms with Crippen LogP contribution in [0.15, 0.2) is 18.2 Å². The molecule has 0 unspecified atom stereocenters. The normalized spacial score (nSPS) is 9.71. The van der Waals surface area contributed by atoms with E-state index in [1.165, 1.54) is 6.07 Å². The maximum absolute atomic E-state index is 12.9. The second kappa shape index (κ2) is 5.69. The highest BCUT2D eigenvalue weighted by Gasteiger charge is 2.10. The molecular formula is C10H12FN3O3. The Kier molecular flexibility index (Phi) is 4.27. The van der Waals surface area contributed by atoms with Crippen molar-refractivity contribution in [2.45, 2.75) is 0 Å². The van der Waals surface area contributed by atoms with Crippen LogP contribution in [0, 0.1) is 5.82 Å². The molecule has 1 aromatic carbocycles. The van der Waals surface area contributed by atoms with E-state index in [0.717, 1.165) is 12.1 Å². The van der Waals surface area contributed by atoms with Gasteiger partial charge in [0.1, 0.15) is 12.4 Å². The molecule has 2 amide bonds. The SMILES string of the molecule is NC(=O)OCCNC(=O)c1cc(F)ccc1N. The van der Waals surface area contributed by atoms with Gasteiger partial charge < -0.3 is 21.5 Å². The van der Waals surface area contributed by atoms with E-state index >= 15 is 0 Å². The molecule has 5 N–H and O–H groups in total. The first kappa shape index (κ1) is 12.8. The Bertz CT molecular complexity index is 437. The number of nitrogens with two attached hydrogens (primary N) is 2. The smallest absolute Gasteiger partial charge is 0.404 e. The summed E-state index contributed by atoms with van der Waals surface area (Å²) < 4.78 is 17.3. The third-order valence-corrected chi connectivity index (χ3v) is 1.89. The van der Waals surface area contributed by atoms with Crippen molar-refractivity contribution in [3.8, 4) is 0 Å². The lowest BCUT2D eigenvalue weighted by Gasteiger charge is -2.07. The second-order valence-electron chi connectivity index (χ2n) is 3.15. The molecule has 0 aliphatic rings. The van der Waals surface area contributed by atoms with Crippen LogP contribution in [-0.4, -0.2) is 25.2 Å². The predicted octanol–water partition coefficient (Wildman–Crippen LogP) is 0.233. The van der Waals surface area contributed by atoms with E-state index in [0.29, 0.717) is 0 Å². The van der Waals surface area contributed by atoms with Crippen molar-refractivity contribution >= 4 is 17.7 Å². The van der Waals surface area contributed by atoms with E-state index in [1.54, 1.807) is 0 Å². The van der Waals surface area contributed by atoms with Gasteiger partial charge >= 0.3 is 6.09 Å². The Balaban J connectivity index is 2.52. The molecule has 92 valence electrons. The molecule has 0 aromatic heterocycles. The number of halogens is 1. The van der Waals surface area contributed by atoms with Crippen molar-refractivity contribution in [3.05, 3.63) is 29.6 Å². The summed E-state index contributed by atoms with van der Waals surface area (Å²) in [6.07, 6.45) is -0.926. The quantitative estimate of drug-likeness (QED) is 0.518. The Morgan fingerprint density at radius 2 is 2.12 bits per heavy atom. The van der Waals surface area contributed by atoms with Crippen LogP contribution in [0.5, 0.6) is 0 Å². The Morgan fingerprint density at radius 3 is 2.76 bits per heavy atom.